The Morgan fingerprint density at radius 1 is 1.09 bits per heavy atom. The molecule has 0 aliphatic rings. The van der Waals surface area contributed by atoms with E-state index in [1.165, 1.54) is 18.2 Å². The van der Waals surface area contributed by atoms with E-state index in [0.717, 1.165) is 11.6 Å². The Labute approximate surface area is 133 Å². The Bertz CT molecular complexity index is 803. The van der Waals surface area contributed by atoms with Crippen molar-refractivity contribution in [2.24, 2.45) is 0 Å². The molecule has 5 nitrogen and oxygen atoms in total. The largest absolute Gasteiger partial charge is 0.504 e. The van der Waals surface area contributed by atoms with E-state index in [9.17, 15) is 15.0 Å². The van der Waals surface area contributed by atoms with Crippen LogP contribution in [-0.2, 0) is 0 Å². The first-order valence-corrected chi connectivity index (χ1v) is 6.77. The van der Waals surface area contributed by atoms with Crippen LogP contribution in [0.5, 0.6) is 11.5 Å². The lowest BCUT2D eigenvalue weighted by Gasteiger charge is -2.04. The van der Waals surface area contributed by atoms with E-state index in [0.29, 0.717) is 0 Å². The number of benzene rings is 2. The maximum Gasteiger partial charge on any atom is 0.256 e. The van der Waals surface area contributed by atoms with Crippen LogP contribution in [0.15, 0.2) is 66.4 Å². The third-order valence-electron chi connectivity index (χ3n) is 2.96. The van der Waals surface area contributed by atoms with Gasteiger partial charge in [-0.15, -0.1) is 0 Å². The quantitative estimate of drug-likeness (QED) is 0.460. The molecule has 0 spiro atoms. The first-order chi connectivity index (χ1) is 11.1. The minimum Gasteiger partial charge on any atom is -0.504 e. The van der Waals surface area contributed by atoms with Crippen LogP contribution >= 0.6 is 0 Å². The first-order valence-electron chi connectivity index (χ1n) is 6.77. The smallest absolute Gasteiger partial charge is 0.256 e. The maximum absolute atomic E-state index is 12.0. The molecule has 0 radical (unpaired) electrons. The predicted molar refractivity (Wildman–Crippen MR) is 86.4 cm³/mol. The first kappa shape index (κ1) is 15.9. The van der Waals surface area contributed by atoms with E-state index in [2.05, 4.69) is 5.32 Å². The van der Waals surface area contributed by atoms with Gasteiger partial charge in [0.05, 0.1) is 0 Å². The van der Waals surface area contributed by atoms with Crippen LogP contribution in [0.2, 0.25) is 0 Å². The molecule has 0 unspecified atom stereocenters. The fraction of sp³-hybridized carbons (Fsp3) is 0. The third kappa shape index (κ3) is 4.48. The molecular formula is C18H14N2O3. The maximum atomic E-state index is 12.0. The molecule has 0 aliphatic carbocycles. The molecule has 2 aromatic rings. The predicted octanol–water partition coefficient (Wildman–Crippen LogP) is 2.95. The molecule has 0 bridgehead atoms. The zero-order valence-corrected chi connectivity index (χ0v) is 12.1. The van der Waals surface area contributed by atoms with E-state index in [4.69, 9.17) is 5.26 Å². The van der Waals surface area contributed by atoms with Crippen LogP contribution in [0.25, 0.3) is 6.08 Å². The summed E-state index contributed by atoms with van der Waals surface area (Å²) in [7, 11) is 0. The number of allylic oxidation sites excluding steroid dienone is 3. The van der Waals surface area contributed by atoms with Gasteiger partial charge in [0, 0.05) is 5.56 Å². The summed E-state index contributed by atoms with van der Waals surface area (Å²) in [6.45, 7) is 0. The minimum absolute atomic E-state index is 0.0646. The lowest BCUT2D eigenvalue weighted by atomic mass is 10.2. The Morgan fingerprint density at radius 3 is 2.48 bits per heavy atom. The van der Waals surface area contributed by atoms with Gasteiger partial charge in [-0.1, -0.05) is 42.5 Å². The van der Waals surface area contributed by atoms with Crippen molar-refractivity contribution in [3.05, 3.63) is 77.5 Å². The van der Waals surface area contributed by atoms with Gasteiger partial charge in [-0.3, -0.25) is 4.79 Å². The summed E-state index contributed by atoms with van der Waals surface area (Å²) in [4.78, 5) is 12.0. The van der Waals surface area contributed by atoms with Crippen molar-refractivity contribution in [2.75, 3.05) is 0 Å². The van der Waals surface area contributed by atoms with Crippen LogP contribution in [0.4, 0.5) is 0 Å². The normalized spacial score (nSPS) is 11.2. The van der Waals surface area contributed by atoms with Crippen molar-refractivity contribution in [3.8, 4) is 17.6 Å². The van der Waals surface area contributed by atoms with Crippen LogP contribution < -0.4 is 5.32 Å². The van der Waals surface area contributed by atoms with Gasteiger partial charge in [-0.25, -0.2) is 0 Å². The molecule has 0 saturated heterocycles. The van der Waals surface area contributed by atoms with Gasteiger partial charge >= 0.3 is 0 Å². The standard InChI is InChI=1S/C18H14N2O3/c19-12-15(8-4-7-13-5-2-1-3-6-13)20-18(23)14-9-10-16(21)17(22)11-14/h1-11,21-22H,(H,20,23)/b7-4+,15-8+. The molecular weight excluding hydrogens is 292 g/mol. The summed E-state index contributed by atoms with van der Waals surface area (Å²) in [6, 6.07) is 15.1. The molecule has 3 N–H and O–H groups in total. The number of carbonyl (C=O) groups excluding carboxylic acids is 1. The van der Waals surface area contributed by atoms with Crippen LogP contribution in [-0.4, -0.2) is 16.1 Å². The third-order valence-corrected chi connectivity index (χ3v) is 2.96. The monoisotopic (exact) mass is 306 g/mol. The molecule has 23 heavy (non-hydrogen) atoms. The van der Waals surface area contributed by atoms with Gasteiger partial charge in [0.1, 0.15) is 11.8 Å². The highest BCUT2D eigenvalue weighted by Crippen LogP contribution is 2.24. The van der Waals surface area contributed by atoms with Crippen molar-refractivity contribution in [1.82, 2.24) is 5.32 Å². The fourth-order valence-corrected chi connectivity index (χ4v) is 1.79. The zero-order chi connectivity index (χ0) is 16.7. The van der Waals surface area contributed by atoms with E-state index in [1.54, 1.807) is 12.2 Å². The zero-order valence-electron chi connectivity index (χ0n) is 12.1. The van der Waals surface area contributed by atoms with Crippen molar-refractivity contribution >= 4 is 12.0 Å². The second-order valence-electron chi connectivity index (χ2n) is 4.62. The van der Waals surface area contributed by atoms with Crippen LogP contribution in [0.3, 0.4) is 0 Å². The van der Waals surface area contributed by atoms with E-state index >= 15 is 0 Å². The van der Waals surface area contributed by atoms with E-state index in [1.807, 2.05) is 36.4 Å². The lowest BCUT2D eigenvalue weighted by Crippen LogP contribution is -2.21. The summed E-state index contributed by atoms with van der Waals surface area (Å²) in [5.74, 6) is -1.27. The minimum atomic E-state index is -0.554. The summed E-state index contributed by atoms with van der Waals surface area (Å²) in [5, 5.41) is 30.1. The van der Waals surface area contributed by atoms with Gasteiger partial charge in [-0.2, -0.15) is 5.26 Å². The topological polar surface area (TPSA) is 93.4 Å². The van der Waals surface area contributed by atoms with E-state index < -0.39 is 11.7 Å². The molecule has 0 saturated carbocycles. The number of nitrogens with one attached hydrogen (secondary N) is 1. The molecule has 0 heterocycles. The molecule has 5 heteroatoms. The molecule has 1 amide bonds. The fourth-order valence-electron chi connectivity index (χ4n) is 1.79. The summed E-state index contributed by atoms with van der Waals surface area (Å²) in [6.07, 6.45) is 4.93. The molecule has 0 aliphatic heterocycles. The number of nitriles is 1. The van der Waals surface area contributed by atoms with Crippen molar-refractivity contribution in [2.45, 2.75) is 0 Å². The molecule has 0 fully saturated rings. The van der Waals surface area contributed by atoms with Gasteiger partial charge in [0.15, 0.2) is 11.5 Å². The second-order valence-corrected chi connectivity index (χ2v) is 4.62. The molecule has 2 rings (SSSR count). The van der Waals surface area contributed by atoms with Gasteiger partial charge in [-0.05, 0) is 29.8 Å². The summed E-state index contributed by atoms with van der Waals surface area (Å²) >= 11 is 0. The number of aromatic hydroxyl groups is 2. The summed E-state index contributed by atoms with van der Waals surface area (Å²) < 4.78 is 0. The number of amides is 1. The molecule has 114 valence electrons. The summed E-state index contributed by atoms with van der Waals surface area (Å²) in [5.41, 5.74) is 1.17. The average Bonchev–Trinajstić information content (AvgIpc) is 2.57. The lowest BCUT2D eigenvalue weighted by molar-refractivity contribution is 0.0967. The van der Waals surface area contributed by atoms with Gasteiger partial charge in [0.2, 0.25) is 0 Å². The highest BCUT2D eigenvalue weighted by atomic mass is 16.3. The van der Waals surface area contributed by atoms with Crippen molar-refractivity contribution in [3.63, 3.8) is 0 Å². The molecule has 0 atom stereocenters. The average molecular weight is 306 g/mol. The Hall–Kier alpha value is -3.52. The number of nitrogens with zero attached hydrogens (tertiary/aromatic N) is 1. The number of phenolic OH excluding ortho intramolecular Hbond substituents is 2. The number of phenols is 2. The van der Waals surface area contributed by atoms with Gasteiger partial charge < -0.3 is 15.5 Å². The van der Waals surface area contributed by atoms with E-state index in [-0.39, 0.29) is 17.0 Å². The molecule has 2 aromatic carbocycles. The molecule has 0 aromatic heterocycles. The number of hydrogen-bond acceptors (Lipinski definition) is 4. The number of rotatable bonds is 4. The SMILES string of the molecule is N#C/C(=C\C=C\c1ccccc1)NC(=O)c1ccc(O)c(O)c1. The van der Waals surface area contributed by atoms with Gasteiger partial charge in [0.25, 0.3) is 5.91 Å². The Kier molecular flexibility index (Phi) is 5.16. The van der Waals surface area contributed by atoms with Crippen LogP contribution in [0.1, 0.15) is 15.9 Å². The highest BCUT2D eigenvalue weighted by molar-refractivity contribution is 5.96. The number of carbonyl (C=O) groups is 1. The van der Waals surface area contributed by atoms with Crippen molar-refractivity contribution in [1.29, 1.82) is 5.26 Å². The highest BCUT2D eigenvalue weighted by Gasteiger charge is 2.09. The second kappa shape index (κ2) is 7.48. The number of hydrogen-bond donors (Lipinski definition) is 3. The van der Waals surface area contributed by atoms with Crippen molar-refractivity contribution < 1.29 is 15.0 Å². The van der Waals surface area contributed by atoms with Crippen LogP contribution in [0, 0.1) is 11.3 Å². The Morgan fingerprint density at radius 2 is 1.83 bits per heavy atom. The Balaban J connectivity index is 2.08.